The van der Waals surface area contributed by atoms with Crippen LogP contribution in [0.5, 0.6) is 17.2 Å². The van der Waals surface area contributed by atoms with Crippen molar-refractivity contribution in [2.24, 2.45) is 0 Å². The molecule has 0 aliphatic rings. The normalized spacial score (nSPS) is 11.1. The van der Waals surface area contributed by atoms with Gasteiger partial charge in [-0.2, -0.15) is 9.50 Å². The van der Waals surface area contributed by atoms with Crippen LogP contribution >= 0.6 is 11.8 Å². The van der Waals surface area contributed by atoms with Gasteiger partial charge in [0.25, 0.3) is 11.3 Å². The molecule has 4 rings (SSSR count). The van der Waals surface area contributed by atoms with Gasteiger partial charge in [-0.15, -0.1) is 15.3 Å². The lowest BCUT2D eigenvalue weighted by Crippen LogP contribution is -2.20. The lowest BCUT2D eigenvalue weighted by molar-refractivity contribution is 0.324. The highest BCUT2D eigenvalue weighted by Crippen LogP contribution is 2.39. The second-order valence-electron chi connectivity index (χ2n) is 5.62. The monoisotopic (exact) mass is 400 g/mol. The van der Waals surface area contributed by atoms with E-state index < -0.39 is 0 Å². The molecule has 4 aromatic rings. The molecule has 0 bridgehead atoms. The summed E-state index contributed by atoms with van der Waals surface area (Å²) in [5, 5.41) is 13.0. The first-order chi connectivity index (χ1) is 13.6. The van der Waals surface area contributed by atoms with Crippen molar-refractivity contribution in [1.82, 2.24) is 29.4 Å². The van der Waals surface area contributed by atoms with E-state index in [0.717, 1.165) is 0 Å². The predicted octanol–water partition coefficient (Wildman–Crippen LogP) is 1.57. The summed E-state index contributed by atoms with van der Waals surface area (Å²) in [7, 11) is 4.55. The van der Waals surface area contributed by atoms with Crippen molar-refractivity contribution in [2.45, 2.75) is 5.16 Å². The number of methoxy groups -OCH3 is 3. The van der Waals surface area contributed by atoms with E-state index in [0.29, 0.717) is 39.4 Å². The molecule has 0 fully saturated rings. The highest BCUT2D eigenvalue weighted by Gasteiger charge is 2.17. The fourth-order valence-electron chi connectivity index (χ4n) is 2.88. The molecule has 1 aromatic carbocycles. The average Bonchev–Trinajstić information content (AvgIpc) is 3.16. The number of pyridine rings is 1. The third-order valence-corrected chi connectivity index (χ3v) is 4.73. The van der Waals surface area contributed by atoms with E-state index in [4.69, 9.17) is 14.2 Å². The van der Waals surface area contributed by atoms with Crippen molar-refractivity contribution in [2.75, 3.05) is 27.6 Å². The van der Waals surface area contributed by atoms with E-state index >= 15 is 0 Å². The number of nitrogens with zero attached hydrogens (tertiary/aromatic N) is 6. The summed E-state index contributed by atoms with van der Waals surface area (Å²) < 4.78 is 19.0. The van der Waals surface area contributed by atoms with E-state index in [1.54, 1.807) is 24.4 Å². The number of hydrogen-bond acceptors (Lipinski definition) is 9. The van der Waals surface area contributed by atoms with Crippen molar-refractivity contribution in [3.63, 3.8) is 0 Å². The Morgan fingerprint density at radius 3 is 2.36 bits per heavy atom. The molecule has 0 aliphatic carbocycles. The zero-order chi connectivity index (χ0) is 19.8. The molecule has 0 saturated heterocycles. The van der Waals surface area contributed by atoms with Gasteiger partial charge in [-0.1, -0.05) is 11.8 Å². The number of fused-ring (bicyclic) bond motifs is 3. The minimum atomic E-state index is -0.359. The number of rotatable bonds is 5. The van der Waals surface area contributed by atoms with Crippen LogP contribution in [0.25, 0.3) is 22.5 Å². The van der Waals surface area contributed by atoms with E-state index in [9.17, 15) is 4.79 Å². The van der Waals surface area contributed by atoms with E-state index in [-0.39, 0.29) is 11.1 Å². The highest BCUT2D eigenvalue weighted by atomic mass is 32.2. The minimum absolute atomic E-state index is 0.168. The summed E-state index contributed by atoms with van der Waals surface area (Å²) >= 11 is 1.39. The van der Waals surface area contributed by atoms with Gasteiger partial charge in [0.15, 0.2) is 17.0 Å². The van der Waals surface area contributed by atoms with Crippen LogP contribution in [0.4, 0.5) is 0 Å². The summed E-state index contributed by atoms with van der Waals surface area (Å²) in [5.41, 5.74) is 0.863. The molecule has 3 heterocycles. The molecule has 0 spiro atoms. The molecule has 0 N–H and O–H groups in total. The molecule has 0 atom stereocenters. The van der Waals surface area contributed by atoms with Crippen LogP contribution in [0.3, 0.4) is 0 Å². The third-order valence-electron chi connectivity index (χ3n) is 4.19. The van der Waals surface area contributed by atoms with Crippen molar-refractivity contribution < 1.29 is 14.2 Å². The minimum Gasteiger partial charge on any atom is -0.493 e. The second kappa shape index (κ2) is 7.00. The first-order valence-corrected chi connectivity index (χ1v) is 9.33. The van der Waals surface area contributed by atoms with Gasteiger partial charge in [0.05, 0.1) is 27.0 Å². The summed E-state index contributed by atoms with van der Waals surface area (Å²) in [5.74, 6) is 1.65. The second-order valence-corrected chi connectivity index (χ2v) is 6.39. The topological polar surface area (TPSA) is 106 Å². The molecule has 0 unspecified atom stereocenters. The lowest BCUT2D eigenvalue weighted by atomic mass is 10.2. The van der Waals surface area contributed by atoms with Crippen LogP contribution in [0.2, 0.25) is 0 Å². The van der Waals surface area contributed by atoms with Gasteiger partial charge in [-0.3, -0.25) is 9.36 Å². The standard InChI is InChI=1S/C17H16N6O4S/c1-25-11-7-9(8-12(26-2)14(11)27-3)22-6-5-10-13(15(22)24)19-20-16-18-17(28-4)21-23(10)16/h5-8H,1-4H3. The molecule has 3 aromatic heterocycles. The molecule has 0 aliphatic heterocycles. The predicted molar refractivity (Wildman–Crippen MR) is 103 cm³/mol. The Morgan fingerprint density at radius 1 is 1.04 bits per heavy atom. The van der Waals surface area contributed by atoms with Gasteiger partial charge < -0.3 is 14.2 Å². The first-order valence-electron chi connectivity index (χ1n) is 8.10. The van der Waals surface area contributed by atoms with Crippen molar-refractivity contribution in [1.29, 1.82) is 0 Å². The average molecular weight is 400 g/mol. The Balaban J connectivity index is 1.96. The third kappa shape index (κ3) is 2.71. The van der Waals surface area contributed by atoms with E-state index in [2.05, 4.69) is 20.3 Å². The first kappa shape index (κ1) is 18.0. The quantitative estimate of drug-likeness (QED) is 0.462. The van der Waals surface area contributed by atoms with Crippen LogP contribution in [0.15, 0.2) is 34.3 Å². The summed E-state index contributed by atoms with van der Waals surface area (Å²) in [6.45, 7) is 0. The van der Waals surface area contributed by atoms with Crippen molar-refractivity contribution in [3.8, 4) is 22.9 Å². The van der Waals surface area contributed by atoms with Crippen molar-refractivity contribution >= 4 is 28.6 Å². The molecule has 11 heteroatoms. The van der Waals surface area contributed by atoms with Gasteiger partial charge >= 0.3 is 0 Å². The van der Waals surface area contributed by atoms with Gasteiger partial charge in [-0.05, 0) is 12.3 Å². The van der Waals surface area contributed by atoms with Crippen LogP contribution < -0.4 is 19.8 Å². The fourth-order valence-corrected chi connectivity index (χ4v) is 3.22. The SMILES string of the molecule is COc1cc(-n2ccc3c(nnc4nc(SC)nn43)c2=O)cc(OC)c1OC. The van der Waals surface area contributed by atoms with Gasteiger partial charge in [0.1, 0.15) is 5.52 Å². The number of hydrogen-bond donors (Lipinski definition) is 0. The van der Waals surface area contributed by atoms with Gasteiger partial charge in [0, 0.05) is 18.3 Å². The van der Waals surface area contributed by atoms with Gasteiger partial charge in [0.2, 0.25) is 10.9 Å². The molecule has 0 radical (unpaired) electrons. The molecule has 0 saturated carbocycles. The highest BCUT2D eigenvalue weighted by molar-refractivity contribution is 7.98. The maximum Gasteiger partial charge on any atom is 0.285 e. The molecular weight excluding hydrogens is 384 g/mol. The molecule has 28 heavy (non-hydrogen) atoms. The number of ether oxygens (including phenoxy) is 3. The van der Waals surface area contributed by atoms with E-state index in [1.807, 2.05) is 6.26 Å². The van der Waals surface area contributed by atoms with Gasteiger partial charge in [-0.25, -0.2) is 0 Å². The Morgan fingerprint density at radius 2 is 1.75 bits per heavy atom. The Hall–Kier alpha value is -3.34. The smallest absolute Gasteiger partial charge is 0.285 e. The zero-order valence-electron chi connectivity index (χ0n) is 15.5. The molecular formula is C17H16N6O4S. The van der Waals surface area contributed by atoms with Crippen LogP contribution in [-0.2, 0) is 0 Å². The Bertz CT molecular complexity index is 1230. The maximum atomic E-state index is 13.1. The van der Waals surface area contributed by atoms with Crippen LogP contribution in [0.1, 0.15) is 0 Å². The lowest BCUT2D eigenvalue weighted by Gasteiger charge is -2.15. The maximum absolute atomic E-state index is 13.1. The van der Waals surface area contributed by atoms with E-state index in [1.165, 1.54) is 42.2 Å². The number of benzene rings is 1. The Kier molecular flexibility index (Phi) is 4.51. The number of thioether (sulfide) groups is 1. The fraction of sp³-hybridized carbons (Fsp3) is 0.235. The van der Waals surface area contributed by atoms with Crippen molar-refractivity contribution in [3.05, 3.63) is 34.7 Å². The Labute approximate surface area is 163 Å². The summed E-state index contributed by atoms with van der Waals surface area (Å²) in [4.78, 5) is 17.3. The molecule has 144 valence electrons. The zero-order valence-corrected chi connectivity index (χ0v) is 16.4. The summed E-state index contributed by atoms with van der Waals surface area (Å²) in [6.07, 6.45) is 3.49. The largest absolute Gasteiger partial charge is 0.493 e. The van der Waals surface area contributed by atoms with Crippen LogP contribution in [0, 0.1) is 0 Å². The summed E-state index contributed by atoms with van der Waals surface area (Å²) in [6, 6.07) is 5.10. The van der Waals surface area contributed by atoms with Crippen LogP contribution in [-0.4, -0.2) is 56.9 Å². The molecule has 0 amide bonds. The molecule has 10 nitrogen and oxygen atoms in total. The number of aromatic nitrogens is 6.